The first-order valence-corrected chi connectivity index (χ1v) is 12.2. The zero-order chi connectivity index (χ0) is 22.3. The Morgan fingerprint density at radius 2 is 2.16 bits per heavy atom. The Hall–Kier alpha value is -2.33. The molecule has 4 aliphatic carbocycles. The summed E-state index contributed by atoms with van der Waals surface area (Å²) >= 11 is 1.39. The topological polar surface area (TPSA) is 118 Å². The standard InChI is InChI=1S/C22H30N6O3S/c1-13(2)12-31-21-17(10-24-28(21)3-4-32-18-11-23-27-26-18)20(29)25-19-15-5-14-6-16(19)9-22(30,7-14)8-15/h3-4,10-11,13-16,19,30H,5-9,12H2,1-2H3,(H,25,29)(H,23,26,27). The smallest absolute Gasteiger partial charge is 0.258 e. The van der Waals surface area contributed by atoms with Crippen molar-refractivity contribution >= 4 is 23.9 Å². The van der Waals surface area contributed by atoms with Crippen LogP contribution in [-0.4, -0.2) is 54.5 Å². The van der Waals surface area contributed by atoms with Crippen LogP contribution in [0.25, 0.3) is 6.20 Å². The molecular formula is C22H30N6O3S. The number of carbonyl (C=O) groups excluding carboxylic acids is 1. The van der Waals surface area contributed by atoms with Crippen LogP contribution >= 0.6 is 11.8 Å². The molecule has 2 heterocycles. The minimum absolute atomic E-state index is 0.110. The van der Waals surface area contributed by atoms with E-state index in [0.29, 0.717) is 41.7 Å². The molecule has 0 radical (unpaired) electrons. The molecule has 2 aromatic heterocycles. The van der Waals surface area contributed by atoms with Crippen LogP contribution in [0.2, 0.25) is 0 Å². The van der Waals surface area contributed by atoms with Crippen LogP contribution < -0.4 is 10.1 Å². The fraction of sp³-hybridized carbons (Fsp3) is 0.636. The van der Waals surface area contributed by atoms with Gasteiger partial charge in [-0.05, 0) is 61.2 Å². The zero-order valence-electron chi connectivity index (χ0n) is 18.4. The summed E-state index contributed by atoms with van der Waals surface area (Å²) in [5.74, 6) is 1.90. The maximum Gasteiger partial charge on any atom is 0.258 e. The summed E-state index contributed by atoms with van der Waals surface area (Å²) in [5.41, 5.74) is -0.0743. The van der Waals surface area contributed by atoms with Crippen LogP contribution in [0.4, 0.5) is 0 Å². The van der Waals surface area contributed by atoms with Crippen LogP contribution in [0.1, 0.15) is 56.3 Å². The number of aliphatic hydroxyl groups is 1. The second-order valence-corrected chi connectivity index (χ2v) is 10.8. The predicted molar refractivity (Wildman–Crippen MR) is 120 cm³/mol. The lowest BCUT2D eigenvalue weighted by Gasteiger charge is -2.58. The molecule has 32 heavy (non-hydrogen) atoms. The van der Waals surface area contributed by atoms with Crippen molar-refractivity contribution in [2.24, 2.45) is 23.7 Å². The Bertz CT molecular complexity index is 972. The summed E-state index contributed by atoms with van der Waals surface area (Å²) in [6, 6.07) is 0.110. The minimum atomic E-state index is -0.513. The highest BCUT2D eigenvalue weighted by molar-refractivity contribution is 8.02. The number of thioether (sulfide) groups is 1. The Morgan fingerprint density at radius 3 is 2.81 bits per heavy atom. The molecule has 4 aliphatic rings. The highest BCUT2D eigenvalue weighted by Crippen LogP contribution is 2.55. The van der Waals surface area contributed by atoms with Crippen molar-refractivity contribution in [1.29, 1.82) is 0 Å². The molecule has 0 saturated heterocycles. The summed E-state index contributed by atoms with van der Waals surface area (Å²) in [4.78, 5) is 13.3. The predicted octanol–water partition coefficient (Wildman–Crippen LogP) is 2.93. The zero-order valence-corrected chi connectivity index (χ0v) is 19.2. The third-order valence-corrected chi connectivity index (χ3v) is 7.57. The van der Waals surface area contributed by atoms with Gasteiger partial charge in [-0.3, -0.25) is 4.79 Å². The van der Waals surface area contributed by atoms with Gasteiger partial charge in [0.05, 0.1) is 24.6 Å². The first-order chi connectivity index (χ1) is 15.4. The number of hydrogen-bond donors (Lipinski definition) is 3. The van der Waals surface area contributed by atoms with E-state index < -0.39 is 5.60 Å². The molecule has 6 rings (SSSR count). The highest BCUT2D eigenvalue weighted by atomic mass is 32.2. The number of nitrogens with zero attached hydrogens (tertiary/aromatic N) is 4. The van der Waals surface area contributed by atoms with E-state index in [0.717, 1.165) is 37.1 Å². The second kappa shape index (κ2) is 8.55. The second-order valence-electron chi connectivity index (χ2n) is 9.92. The monoisotopic (exact) mass is 458 g/mol. The molecule has 0 aromatic carbocycles. The molecule has 2 atom stereocenters. The van der Waals surface area contributed by atoms with E-state index in [1.807, 2.05) is 5.41 Å². The quantitative estimate of drug-likeness (QED) is 0.521. The van der Waals surface area contributed by atoms with Gasteiger partial charge in [-0.2, -0.15) is 15.4 Å². The highest BCUT2D eigenvalue weighted by Gasteiger charge is 2.55. The largest absolute Gasteiger partial charge is 0.477 e. The number of carbonyl (C=O) groups is 1. The number of aromatic amines is 1. The van der Waals surface area contributed by atoms with Crippen LogP contribution in [0, 0.1) is 23.7 Å². The number of ether oxygens (including phenoxy) is 1. The lowest BCUT2D eigenvalue weighted by molar-refractivity contribution is -0.136. The van der Waals surface area contributed by atoms with Gasteiger partial charge in [-0.1, -0.05) is 25.6 Å². The Labute approximate surface area is 191 Å². The van der Waals surface area contributed by atoms with E-state index >= 15 is 0 Å². The first kappa shape index (κ1) is 21.5. The van der Waals surface area contributed by atoms with E-state index in [4.69, 9.17) is 4.74 Å². The number of nitrogens with one attached hydrogen (secondary N) is 2. The molecular weight excluding hydrogens is 428 g/mol. The molecule has 4 saturated carbocycles. The van der Waals surface area contributed by atoms with Gasteiger partial charge in [0.1, 0.15) is 10.6 Å². The number of H-pyrrole nitrogens is 1. The van der Waals surface area contributed by atoms with Gasteiger partial charge in [0.15, 0.2) is 0 Å². The molecule has 10 heteroatoms. The fourth-order valence-corrected chi connectivity index (χ4v) is 6.38. The Kier molecular flexibility index (Phi) is 5.75. The Balaban J connectivity index is 1.32. The van der Waals surface area contributed by atoms with E-state index in [1.165, 1.54) is 11.8 Å². The molecule has 2 aromatic rings. The molecule has 3 N–H and O–H groups in total. The van der Waals surface area contributed by atoms with E-state index in [1.54, 1.807) is 23.3 Å². The van der Waals surface area contributed by atoms with Gasteiger partial charge in [-0.15, -0.1) is 5.10 Å². The maximum absolute atomic E-state index is 13.3. The molecule has 4 bridgehead atoms. The molecule has 4 fully saturated rings. The molecule has 172 valence electrons. The van der Waals surface area contributed by atoms with Crippen LogP contribution in [0.3, 0.4) is 0 Å². The average molecular weight is 459 g/mol. The van der Waals surface area contributed by atoms with Crippen molar-refractivity contribution in [3.63, 3.8) is 0 Å². The first-order valence-electron chi connectivity index (χ1n) is 11.3. The van der Waals surface area contributed by atoms with Crippen molar-refractivity contribution in [3.8, 4) is 5.88 Å². The van der Waals surface area contributed by atoms with E-state index in [2.05, 4.69) is 39.7 Å². The van der Waals surface area contributed by atoms with Gasteiger partial charge >= 0.3 is 0 Å². The van der Waals surface area contributed by atoms with E-state index in [9.17, 15) is 9.90 Å². The summed E-state index contributed by atoms with van der Waals surface area (Å²) in [7, 11) is 0. The van der Waals surface area contributed by atoms with Gasteiger partial charge in [0.2, 0.25) is 5.88 Å². The fourth-order valence-electron chi connectivity index (χ4n) is 5.85. The van der Waals surface area contributed by atoms with Gasteiger partial charge < -0.3 is 15.2 Å². The van der Waals surface area contributed by atoms with Crippen LogP contribution in [0.5, 0.6) is 5.88 Å². The maximum atomic E-state index is 13.3. The normalized spacial score (nSPS) is 31.0. The summed E-state index contributed by atoms with van der Waals surface area (Å²) < 4.78 is 7.59. The summed E-state index contributed by atoms with van der Waals surface area (Å²) in [6.07, 6.45) is 9.67. The third-order valence-electron chi connectivity index (χ3n) is 6.87. The van der Waals surface area contributed by atoms with Crippen molar-refractivity contribution < 1.29 is 14.6 Å². The van der Waals surface area contributed by atoms with Crippen molar-refractivity contribution in [2.75, 3.05) is 6.61 Å². The SMILES string of the molecule is CC(C)COc1c(C(=O)NC2C3CC4CC2CC(O)(C4)C3)cnn1C=CSc1cn[nH]n1. The average Bonchev–Trinajstić information content (AvgIpc) is 3.38. The minimum Gasteiger partial charge on any atom is -0.477 e. The number of hydrogen-bond acceptors (Lipinski definition) is 7. The van der Waals surface area contributed by atoms with Crippen molar-refractivity contribution in [3.05, 3.63) is 23.4 Å². The molecule has 9 nitrogen and oxygen atoms in total. The molecule has 2 unspecified atom stereocenters. The number of aromatic nitrogens is 5. The lowest BCUT2D eigenvalue weighted by Crippen LogP contribution is -2.61. The van der Waals surface area contributed by atoms with Crippen molar-refractivity contribution in [2.45, 2.75) is 62.6 Å². The van der Waals surface area contributed by atoms with Gasteiger partial charge in [-0.25, -0.2) is 4.68 Å². The van der Waals surface area contributed by atoms with Gasteiger partial charge in [0, 0.05) is 12.2 Å². The number of rotatable bonds is 8. The molecule has 1 amide bonds. The molecule has 0 aliphatic heterocycles. The van der Waals surface area contributed by atoms with Crippen molar-refractivity contribution in [1.82, 2.24) is 30.5 Å². The lowest BCUT2D eigenvalue weighted by atomic mass is 9.52. The summed E-state index contributed by atoms with van der Waals surface area (Å²) in [5, 5.41) is 31.4. The molecule has 0 spiro atoms. The van der Waals surface area contributed by atoms with Gasteiger partial charge in [0.25, 0.3) is 5.91 Å². The summed E-state index contributed by atoms with van der Waals surface area (Å²) in [6.45, 7) is 4.62. The van der Waals surface area contributed by atoms with Crippen LogP contribution in [0.15, 0.2) is 22.8 Å². The van der Waals surface area contributed by atoms with E-state index in [-0.39, 0.29) is 11.9 Å². The Morgan fingerprint density at radius 1 is 1.38 bits per heavy atom. The third kappa shape index (κ3) is 4.30. The van der Waals surface area contributed by atoms with Crippen LogP contribution in [-0.2, 0) is 0 Å². The number of amides is 1.